The van der Waals surface area contributed by atoms with Gasteiger partial charge in [0.2, 0.25) is 0 Å². The first-order valence-corrected chi connectivity index (χ1v) is 10.2. The molecule has 0 fully saturated rings. The summed E-state index contributed by atoms with van der Waals surface area (Å²) in [5.41, 5.74) is 0.260. The van der Waals surface area contributed by atoms with Gasteiger partial charge in [-0.15, -0.1) is 0 Å². The van der Waals surface area contributed by atoms with Crippen molar-refractivity contribution in [1.82, 2.24) is 0 Å². The quantitative estimate of drug-likeness (QED) is 0.352. The molecule has 0 aliphatic carbocycles. The Morgan fingerprint density at radius 2 is 1.48 bits per heavy atom. The number of unbranched alkanes of at least 4 members (excludes halogenated alkanes) is 8. The van der Waals surface area contributed by atoms with Gasteiger partial charge in [-0.3, -0.25) is 0 Å². The summed E-state index contributed by atoms with van der Waals surface area (Å²) in [7, 11) is 0. The lowest BCUT2D eigenvalue weighted by atomic mass is 10.0. The van der Waals surface area contributed by atoms with Crippen LogP contribution in [0.15, 0.2) is 24.3 Å². The molecule has 25 heavy (non-hydrogen) atoms. The van der Waals surface area contributed by atoms with Crippen molar-refractivity contribution in [1.29, 1.82) is 0 Å². The fourth-order valence-corrected chi connectivity index (χ4v) is 3.19. The number of benzene rings is 1. The highest BCUT2D eigenvalue weighted by Crippen LogP contribution is 2.23. The Morgan fingerprint density at radius 3 is 2.08 bits per heavy atom. The molecular weight excluding hydrogens is 312 g/mol. The fraction of sp³-hybridized carbons (Fsp3) is 0.682. The summed E-state index contributed by atoms with van der Waals surface area (Å²) >= 11 is 0. The van der Waals surface area contributed by atoms with Crippen molar-refractivity contribution < 1.29 is 14.6 Å². The second-order valence-corrected chi connectivity index (χ2v) is 6.95. The van der Waals surface area contributed by atoms with E-state index in [0.29, 0.717) is 5.75 Å². The highest BCUT2D eigenvalue weighted by molar-refractivity contribution is 5.90. The highest BCUT2D eigenvalue weighted by Gasteiger charge is 2.15. The topological polar surface area (TPSA) is 46.5 Å². The lowest BCUT2D eigenvalue weighted by Crippen LogP contribution is -2.18. The summed E-state index contributed by atoms with van der Waals surface area (Å²) in [4.78, 5) is 11.3. The maximum absolute atomic E-state index is 11.3. The largest absolute Gasteiger partial charge is 0.490 e. The molecule has 142 valence electrons. The molecule has 0 aliphatic rings. The molecule has 1 aromatic carbocycles. The molecule has 1 N–H and O–H groups in total. The Kier molecular flexibility index (Phi) is 11.8. The Balaban J connectivity index is 2.30. The van der Waals surface area contributed by atoms with Crippen molar-refractivity contribution in [2.24, 2.45) is 0 Å². The van der Waals surface area contributed by atoms with Gasteiger partial charge in [-0.1, -0.05) is 83.8 Å². The monoisotopic (exact) mass is 348 g/mol. The van der Waals surface area contributed by atoms with Crippen LogP contribution in [0.25, 0.3) is 0 Å². The van der Waals surface area contributed by atoms with Gasteiger partial charge in [0.05, 0.1) is 6.10 Å². The number of rotatable bonds is 15. The lowest BCUT2D eigenvalue weighted by Gasteiger charge is -2.20. The van der Waals surface area contributed by atoms with Gasteiger partial charge in [0.1, 0.15) is 11.3 Å². The molecule has 1 unspecified atom stereocenters. The van der Waals surface area contributed by atoms with Gasteiger partial charge in [0, 0.05) is 0 Å². The minimum Gasteiger partial charge on any atom is -0.490 e. The zero-order valence-electron chi connectivity index (χ0n) is 16.1. The van der Waals surface area contributed by atoms with Crippen LogP contribution in [0.4, 0.5) is 0 Å². The summed E-state index contributed by atoms with van der Waals surface area (Å²) in [6, 6.07) is 6.95. The van der Waals surface area contributed by atoms with Crippen molar-refractivity contribution in [2.75, 3.05) is 0 Å². The first kappa shape index (κ1) is 21.5. The average Bonchev–Trinajstić information content (AvgIpc) is 2.60. The Hall–Kier alpha value is -1.51. The smallest absolute Gasteiger partial charge is 0.339 e. The second-order valence-electron chi connectivity index (χ2n) is 6.95. The van der Waals surface area contributed by atoms with Crippen LogP contribution in [-0.2, 0) is 0 Å². The normalized spacial score (nSPS) is 12.1. The van der Waals surface area contributed by atoms with Gasteiger partial charge >= 0.3 is 5.97 Å². The zero-order valence-corrected chi connectivity index (χ0v) is 16.1. The Labute approximate surface area is 153 Å². The molecule has 0 bridgehead atoms. The average molecular weight is 349 g/mol. The number of ether oxygens (including phenoxy) is 1. The molecular formula is C22H36O3. The lowest BCUT2D eigenvalue weighted by molar-refractivity contribution is 0.0687. The van der Waals surface area contributed by atoms with Gasteiger partial charge in [-0.05, 0) is 31.4 Å². The van der Waals surface area contributed by atoms with Crippen LogP contribution in [0.3, 0.4) is 0 Å². The van der Waals surface area contributed by atoms with Crippen LogP contribution in [-0.4, -0.2) is 17.2 Å². The Bertz CT molecular complexity index is 470. The molecule has 1 rings (SSSR count). The molecule has 0 spiro atoms. The predicted molar refractivity (Wildman–Crippen MR) is 105 cm³/mol. The van der Waals surface area contributed by atoms with E-state index in [1.54, 1.807) is 18.2 Å². The molecule has 0 radical (unpaired) electrons. The van der Waals surface area contributed by atoms with Crippen LogP contribution in [0, 0.1) is 0 Å². The summed E-state index contributed by atoms with van der Waals surface area (Å²) in [6.45, 7) is 4.40. The number of carbonyl (C=O) groups is 1. The molecule has 0 heterocycles. The third-order valence-corrected chi connectivity index (χ3v) is 4.65. The highest BCUT2D eigenvalue weighted by atomic mass is 16.5. The summed E-state index contributed by atoms with van der Waals surface area (Å²) < 4.78 is 6.04. The number of aromatic carboxylic acids is 1. The van der Waals surface area contributed by atoms with E-state index in [9.17, 15) is 9.90 Å². The van der Waals surface area contributed by atoms with Gasteiger partial charge in [0.15, 0.2) is 0 Å². The van der Waals surface area contributed by atoms with E-state index in [4.69, 9.17) is 4.74 Å². The second kappa shape index (κ2) is 13.7. The molecule has 1 atom stereocenters. The van der Waals surface area contributed by atoms with Crippen LogP contribution in [0.5, 0.6) is 5.75 Å². The molecule has 0 saturated heterocycles. The van der Waals surface area contributed by atoms with Gasteiger partial charge in [0.25, 0.3) is 0 Å². The zero-order chi connectivity index (χ0) is 18.3. The van der Waals surface area contributed by atoms with Crippen molar-refractivity contribution in [2.45, 2.75) is 97.0 Å². The SMILES string of the molecule is CCCCCCCCCCCC(CCC)Oc1ccccc1C(=O)O. The fourth-order valence-electron chi connectivity index (χ4n) is 3.19. The maximum Gasteiger partial charge on any atom is 0.339 e. The number of hydrogen-bond acceptors (Lipinski definition) is 2. The van der Waals surface area contributed by atoms with Crippen LogP contribution >= 0.6 is 0 Å². The molecule has 0 amide bonds. The summed E-state index contributed by atoms with van der Waals surface area (Å²) in [6.07, 6.45) is 15.0. The number of carboxylic acids is 1. The number of hydrogen-bond donors (Lipinski definition) is 1. The number of carboxylic acid groups (broad SMARTS) is 1. The van der Waals surface area contributed by atoms with Crippen molar-refractivity contribution in [3.05, 3.63) is 29.8 Å². The minimum atomic E-state index is -0.922. The summed E-state index contributed by atoms with van der Waals surface area (Å²) in [5.74, 6) is -0.418. The Morgan fingerprint density at radius 1 is 0.880 bits per heavy atom. The van der Waals surface area contributed by atoms with Gasteiger partial charge < -0.3 is 9.84 Å². The van der Waals surface area contributed by atoms with Crippen LogP contribution in [0.1, 0.15) is 101 Å². The van der Waals surface area contributed by atoms with E-state index in [2.05, 4.69) is 13.8 Å². The predicted octanol–water partition coefficient (Wildman–Crippen LogP) is 6.85. The number of para-hydroxylation sites is 1. The van der Waals surface area contributed by atoms with Crippen LogP contribution < -0.4 is 4.74 Å². The third-order valence-electron chi connectivity index (χ3n) is 4.65. The van der Waals surface area contributed by atoms with Gasteiger partial charge in [-0.2, -0.15) is 0 Å². The molecule has 0 saturated carbocycles. The van der Waals surface area contributed by atoms with Crippen molar-refractivity contribution in [3.63, 3.8) is 0 Å². The van der Waals surface area contributed by atoms with E-state index in [1.807, 2.05) is 6.07 Å². The first-order chi connectivity index (χ1) is 12.2. The summed E-state index contributed by atoms with van der Waals surface area (Å²) in [5, 5.41) is 9.28. The molecule has 0 aliphatic heterocycles. The van der Waals surface area contributed by atoms with E-state index >= 15 is 0 Å². The van der Waals surface area contributed by atoms with Gasteiger partial charge in [-0.25, -0.2) is 4.79 Å². The van der Waals surface area contributed by atoms with Crippen molar-refractivity contribution >= 4 is 5.97 Å². The third kappa shape index (κ3) is 9.52. The molecule has 0 aromatic heterocycles. The van der Waals surface area contributed by atoms with E-state index in [-0.39, 0.29) is 11.7 Å². The standard InChI is InChI=1S/C22H36O3/c1-3-5-6-7-8-9-10-11-12-16-19(15-4-2)25-21-18-14-13-17-20(21)22(23)24/h13-14,17-19H,3-12,15-16H2,1-2H3,(H,23,24). The van der Waals surface area contributed by atoms with E-state index in [0.717, 1.165) is 25.7 Å². The van der Waals surface area contributed by atoms with E-state index < -0.39 is 5.97 Å². The maximum atomic E-state index is 11.3. The first-order valence-electron chi connectivity index (χ1n) is 10.2. The van der Waals surface area contributed by atoms with E-state index in [1.165, 1.54) is 51.4 Å². The van der Waals surface area contributed by atoms with Crippen LogP contribution in [0.2, 0.25) is 0 Å². The molecule has 3 nitrogen and oxygen atoms in total. The molecule has 3 heteroatoms. The van der Waals surface area contributed by atoms with Crippen molar-refractivity contribution in [3.8, 4) is 5.75 Å². The molecule has 1 aromatic rings. The minimum absolute atomic E-state index is 0.120.